The summed E-state index contributed by atoms with van der Waals surface area (Å²) in [5.41, 5.74) is 1.47. The standard InChI is InChI=1S/C19H13Cl2N7O2S/c20-14-11-15(28(29)30)16(21)18-17(14)24-19(31-18)26-25-12-3-5-13(6-4-12)27(9-1-7-22)10-2-8-23/h3-6,11H,1-2,9-10H2. The monoisotopic (exact) mass is 473 g/mol. The fourth-order valence-corrected chi connectivity index (χ4v) is 4.21. The first-order chi connectivity index (χ1) is 14.9. The van der Waals surface area contributed by atoms with E-state index in [0.29, 0.717) is 41.8 Å². The van der Waals surface area contributed by atoms with Crippen molar-refractivity contribution in [2.24, 2.45) is 10.2 Å². The van der Waals surface area contributed by atoms with Gasteiger partial charge in [-0.15, -0.1) is 10.2 Å². The molecule has 9 nitrogen and oxygen atoms in total. The molecule has 0 aliphatic carbocycles. The number of benzene rings is 2. The number of fused-ring (bicyclic) bond motifs is 1. The molecule has 3 rings (SSSR count). The molecule has 1 aromatic heterocycles. The predicted octanol–water partition coefficient (Wildman–Crippen LogP) is 6.56. The van der Waals surface area contributed by atoms with Gasteiger partial charge in [-0.2, -0.15) is 10.5 Å². The van der Waals surface area contributed by atoms with Crippen molar-refractivity contribution >= 4 is 66.9 Å². The normalized spacial score (nSPS) is 10.8. The van der Waals surface area contributed by atoms with Gasteiger partial charge >= 0.3 is 0 Å². The highest BCUT2D eigenvalue weighted by molar-refractivity contribution is 7.22. The molecule has 0 N–H and O–H groups in total. The summed E-state index contributed by atoms with van der Waals surface area (Å²) in [5.74, 6) is 0. The van der Waals surface area contributed by atoms with E-state index in [1.807, 2.05) is 17.0 Å². The Bertz CT molecular complexity index is 1210. The van der Waals surface area contributed by atoms with Gasteiger partial charge in [-0.25, -0.2) is 4.98 Å². The van der Waals surface area contributed by atoms with Gasteiger partial charge in [0.15, 0.2) is 0 Å². The van der Waals surface area contributed by atoms with Crippen LogP contribution in [0.1, 0.15) is 12.8 Å². The van der Waals surface area contributed by atoms with Gasteiger partial charge in [0.2, 0.25) is 5.13 Å². The number of hydrogen-bond acceptors (Lipinski definition) is 9. The Labute approximate surface area is 190 Å². The Morgan fingerprint density at radius 2 is 1.77 bits per heavy atom. The van der Waals surface area contributed by atoms with Crippen LogP contribution >= 0.6 is 34.5 Å². The van der Waals surface area contributed by atoms with E-state index in [2.05, 4.69) is 27.4 Å². The van der Waals surface area contributed by atoms with E-state index in [4.69, 9.17) is 33.7 Å². The molecule has 0 amide bonds. The van der Waals surface area contributed by atoms with Gasteiger partial charge in [-0.3, -0.25) is 10.1 Å². The quantitative estimate of drug-likeness (QED) is 0.206. The minimum atomic E-state index is -0.605. The third-order valence-corrected chi connectivity index (χ3v) is 5.92. The molecule has 0 radical (unpaired) electrons. The fraction of sp³-hybridized carbons (Fsp3) is 0.211. The second-order valence-corrected chi connectivity index (χ2v) is 7.91. The van der Waals surface area contributed by atoms with Gasteiger partial charge in [0.05, 0.1) is 45.3 Å². The maximum atomic E-state index is 11.1. The maximum Gasteiger partial charge on any atom is 0.290 e. The minimum absolute atomic E-state index is 0.0393. The average molecular weight is 474 g/mol. The second kappa shape index (κ2) is 10.1. The summed E-state index contributed by atoms with van der Waals surface area (Å²) >= 11 is 13.3. The number of hydrogen-bond donors (Lipinski definition) is 0. The van der Waals surface area contributed by atoms with E-state index in [0.717, 1.165) is 23.1 Å². The van der Waals surface area contributed by atoms with Gasteiger partial charge in [0, 0.05) is 24.8 Å². The molecule has 3 aromatic rings. The van der Waals surface area contributed by atoms with Crippen LogP contribution < -0.4 is 4.90 Å². The summed E-state index contributed by atoms with van der Waals surface area (Å²) in [6.45, 7) is 1.05. The molecule has 0 atom stereocenters. The maximum absolute atomic E-state index is 11.1. The molecule has 12 heteroatoms. The highest BCUT2D eigenvalue weighted by atomic mass is 35.5. The van der Waals surface area contributed by atoms with Crippen LogP contribution in [-0.4, -0.2) is 23.0 Å². The summed E-state index contributed by atoms with van der Waals surface area (Å²) in [6, 6.07) is 12.5. The number of nitrogens with zero attached hydrogens (tertiary/aromatic N) is 7. The summed E-state index contributed by atoms with van der Waals surface area (Å²) in [6.07, 6.45) is 0.710. The molecule has 0 aliphatic heterocycles. The molecule has 156 valence electrons. The van der Waals surface area contributed by atoms with Crippen LogP contribution in [0.5, 0.6) is 0 Å². The van der Waals surface area contributed by atoms with Crippen molar-refractivity contribution in [1.82, 2.24) is 4.98 Å². The smallest absolute Gasteiger partial charge is 0.290 e. The summed E-state index contributed by atoms with van der Waals surface area (Å²) in [4.78, 5) is 16.7. The third-order valence-electron chi connectivity index (χ3n) is 4.18. The Morgan fingerprint density at radius 3 is 2.35 bits per heavy atom. The van der Waals surface area contributed by atoms with Crippen LogP contribution in [0.2, 0.25) is 10.0 Å². The number of nitro benzene ring substituents is 1. The molecule has 31 heavy (non-hydrogen) atoms. The Kier molecular flexibility index (Phi) is 7.32. The van der Waals surface area contributed by atoms with E-state index in [1.54, 1.807) is 12.1 Å². The number of nitro groups is 1. The van der Waals surface area contributed by atoms with Gasteiger partial charge < -0.3 is 4.90 Å². The van der Waals surface area contributed by atoms with Crippen LogP contribution in [0.4, 0.5) is 22.2 Å². The number of rotatable bonds is 8. The number of aromatic nitrogens is 1. The lowest BCUT2D eigenvalue weighted by Crippen LogP contribution is -2.25. The highest BCUT2D eigenvalue weighted by Crippen LogP contribution is 2.42. The number of thiazole rings is 1. The van der Waals surface area contributed by atoms with Crippen LogP contribution in [0.25, 0.3) is 10.2 Å². The van der Waals surface area contributed by atoms with E-state index < -0.39 is 4.92 Å². The minimum Gasteiger partial charge on any atom is -0.369 e. The predicted molar refractivity (Wildman–Crippen MR) is 120 cm³/mol. The van der Waals surface area contributed by atoms with Crippen molar-refractivity contribution in [2.75, 3.05) is 18.0 Å². The topological polar surface area (TPSA) is 132 Å². The van der Waals surface area contributed by atoms with Crippen molar-refractivity contribution in [2.45, 2.75) is 12.8 Å². The SMILES string of the molecule is N#CCCN(CCC#N)c1ccc(N=Nc2nc3c(Cl)cc([N+](=O)[O-])c(Cl)c3s2)cc1. The van der Waals surface area contributed by atoms with Crippen LogP contribution in [0.15, 0.2) is 40.6 Å². The molecular formula is C19H13Cl2N7O2S. The van der Waals surface area contributed by atoms with Crippen LogP contribution in [0.3, 0.4) is 0 Å². The van der Waals surface area contributed by atoms with Crippen LogP contribution in [-0.2, 0) is 0 Å². The van der Waals surface area contributed by atoms with Gasteiger partial charge in [-0.1, -0.05) is 34.5 Å². The summed E-state index contributed by atoms with van der Waals surface area (Å²) in [5, 5.41) is 37.3. The largest absolute Gasteiger partial charge is 0.369 e. The molecule has 0 saturated carbocycles. The van der Waals surface area contributed by atoms with Crippen LogP contribution in [0, 0.1) is 32.8 Å². The Balaban J connectivity index is 1.82. The van der Waals surface area contributed by atoms with E-state index in [1.165, 1.54) is 0 Å². The van der Waals surface area contributed by atoms with Crippen molar-refractivity contribution in [3.8, 4) is 12.1 Å². The highest BCUT2D eigenvalue weighted by Gasteiger charge is 2.21. The first kappa shape index (κ1) is 22.4. The molecule has 0 aliphatic rings. The lowest BCUT2D eigenvalue weighted by Gasteiger charge is -2.22. The first-order valence-electron chi connectivity index (χ1n) is 8.88. The molecule has 0 saturated heterocycles. The van der Waals surface area contributed by atoms with Crippen molar-refractivity contribution in [3.05, 3.63) is 50.5 Å². The van der Waals surface area contributed by atoms with E-state index in [9.17, 15) is 10.1 Å². The molecule has 0 spiro atoms. The van der Waals surface area contributed by atoms with E-state index >= 15 is 0 Å². The second-order valence-electron chi connectivity index (χ2n) is 6.14. The number of azo groups is 1. The van der Waals surface area contributed by atoms with Crippen molar-refractivity contribution < 1.29 is 4.92 Å². The van der Waals surface area contributed by atoms with Crippen molar-refractivity contribution in [1.29, 1.82) is 10.5 Å². The van der Waals surface area contributed by atoms with Gasteiger partial charge in [0.25, 0.3) is 5.69 Å². The van der Waals surface area contributed by atoms with Gasteiger partial charge in [0.1, 0.15) is 10.5 Å². The molecule has 0 bridgehead atoms. The Morgan fingerprint density at radius 1 is 1.13 bits per heavy atom. The molecule has 0 unspecified atom stereocenters. The zero-order valence-corrected chi connectivity index (χ0v) is 18.2. The lowest BCUT2D eigenvalue weighted by molar-refractivity contribution is -0.384. The van der Waals surface area contributed by atoms with Gasteiger partial charge in [-0.05, 0) is 24.3 Å². The fourth-order valence-electron chi connectivity index (χ4n) is 2.73. The summed E-state index contributed by atoms with van der Waals surface area (Å²) in [7, 11) is 0. The average Bonchev–Trinajstić information content (AvgIpc) is 3.21. The van der Waals surface area contributed by atoms with E-state index in [-0.39, 0.29) is 20.9 Å². The summed E-state index contributed by atoms with van der Waals surface area (Å²) < 4.78 is 0.371. The zero-order valence-electron chi connectivity index (χ0n) is 15.8. The lowest BCUT2D eigenvalue weighted by atomic mass is 10.2. The molecule has 1 heterocycles. The molecular weight excluding hydrogens is 461 g/mol. The Hall–Kier alpha value is -3.31. The number of halogens is 2. The molecule has 0 fully saturated rings. The molecule has 2 aromatic carbocycles. The zero-order chi connectivity index (χ0) is 22.4. The van der Waals surface area contributed by atoms with Crippen molar-refractivity contribution in [3.63, 3.8) is 0 Å². The first-order valence-corrected chi connectivity index (χ1v) is 10.5. The third kappa shape index (κ3) is 5.25. The number of anilines is 1. The number of nitriles is 2.